The van der Waals surface area contributed by atoms with E-state index in [0.717, 1.165) is 10.2 Å². The Hall–Kier alpha value is -3.00. The van der Waals surface area contributed by atoms with E-state index in [2.05, 4.69) is 4.99 Å². The van der Waals surface area contributed by atoms with Gasteiger partial charge in [0.15, 0.2) is 27.8 Å². The van der Waals surface area contributed by atoms with Gasteiger partial charge in [0.25, 0.3) is 5.91 Å². The van der Waals surface area contributed by atoms with Crippen LogP contribution < -0.4 is 23.7 Å². The maximum absolute atomic E-state index is 12.6. The standard InChI is InChI=1S/C18H14N2O5S/c1-20-10-6-13-14(24-9-23-13)7-16(10)26-18(20)19-17(21)15-8-22-11-4-2-3-5-12(11)25-15/h2-7,15H,8-9H2,1H3/t15-/m1/s1. The quantitative estimate of drug-likeness (QED) is 0.657. The van der Waals surface area contributed by atoms with Crippen LogP contribution in [0.3, 0.4) is 0 Å². The minimum absolute atomic E-state index is 0.143. The molecular weight excluding hydrogens is 356 g/mol. The minimum atomic E-state index is -0.758. The van der Waals surface area contributed by atoms with E-state index < -0.39 is 6.10 Å². The van der Waals surface area contributed by atoms with Crippen molar-refractivity contribution in [3.63, 3.8) is 0 Å². The average molecular weight is 370 g/mol. The van der Waals surface area contributed by atoms with Crippen molar-refractivity contribution in [3.05, 3.63) is 41.2 Å². The molecule has 3 heterocycles. The molecule has 0 radical (unpaired) electrons. The second-order valence-corrected chi connectivity index (χ2v) is 6.94. The lowest BCUT2D eigenvalue weighted by Crippen LogP contribution is -2.36. The SMILES string of the molecule is Cn1c(=NC(=O)[C@H]2COc3ccccc3O2)sc2cc3c(cc21)OCO3. The van der Waals surface area contributed by atoms with Crippen molar-refractivity contribution in [1.29, 1.82) is 0 Å². The largest absolute Gasteiger partial charge is 0.485 e. The molecule has 0 bridgehead atoms. The summed E-state index contributed by atoms with van der Waals surface area (Å²) in [4.78, 5) is 17.4. The van der Waals surface area contributed by atoms with E-state index in [1.165, 1.54) is 11.3 Å². The highest BCUT2D eigenvalue weighted by Gasteiger charge is 2.27. The van der Waals surface area contributed by atoms with Crippen LogP contribution in [0.5, 0.6) is 23.0 Å². The molecule has 2 aliphatic rings. The Labute approximate surface area is 152 Å². The zero-order valence-electron chi connectivity index (χ0n) is 13.8. The predicted octanol–water partition coefficient (Wildman–Crippen LogP) is 2.24. The number of benzene rings is 2. The monoisotopic (exact) mass is 370 g/mol. The maximum atomic E-state index is 12.6. The average Bonchev–Trinajstić information content (AvgIpc) is 3.24. The first kappa shape index (κ1) is 15.3. The van der Waals surface area contributed by atoms with Crippen LogP contribution in [0.4, 0.5) is 0 Å². The molecular formula is C18H14N2O5S. The fourth-order valence-electron chi connectivity index (χ4n) is 2.93. The van der Waals surface area contributed by atoms with Crippen molar-refractivity contribution in [2.75, 3.05) is 13.4 Å². The van der Waals surface area contributed by atoms with Crippen LogP contribution in [0.1, 0.15) is 0 Å². The van der Waals surface area contributed by atoms with Crippen LogP contribution in [-0.4, -0.2) is 30.0 Å². The summed E-state index contributed by atoms with van der Waals surface area (Å²) in [6, 6.07) is 11.1. The highest BCUT2D eigenvalue weighted by molar-refractivity contribution is 7.16. The summed E-state index contributed by atoms with van der Waals surface area (Å²) in [6.07, 6.45) is -0.758. The van der Waals surface area contributed by atoms with Gasteiger partial charge >= 0.3 is 0 Å². The molecule has 1 amide bonds. The number of nitrogens with zero attached hydrogens (tertiary/aromatic N) is 2. The van der Waals surface area contributed by atoms with Crippen molar-refractivity contribution in [2.45, 2.75) is 6.10 Å². The lowest BCUT2D eigenvalue weighted by molar-refractivity contribution is -0.127. The fourth-order valence-corrected chi connectivity index (χ4v) is 3.97. The molecule has 0 saturated carbocycles. The Bertz CT molecular complexity index is 1100. The van der Waals surface area contributed by atoms with Gasteiger partial charge in [0, 0.05) is 19.2 Å². The Morgan fingerprint density at radius 3 is 2.73 bits per heavy atom. The molecule has 8 heteroatoms. The molecule has 132 valence electrons. The van der Waals surface area contributed by atoms with Crippen molar-refractivity contribution >= 4 is 27.5 Å². The van der Waals surface area contributed by atoms with Crippen LogP contribution >= 0.6 is 11.3 Å². The van der Waals surface area contributed by atoms with E-state index in [0.29, 0.717) is 27.8 Å². The van der Waals surface area contributed by atoms with E-state index in [4.69, 9.17) is 18.9 Å². The van der Waals surface area contributed by atoms with Gasteiger partial charge in [-0.25, -0.2) is 0 Å². The first-order valence-corrected chi connectivity index (χ1v) is 8.87. The van der Waals surface area contributed by atoms with Crippen molar-refractivity contribution in [1.82, 2.24) is 4.57 Å². The summed E-state index contributed by atoms with van der Waals surface area (Å²) in [5.41, 5.74) is 0.928. The highest BCUT2D eigenvalue weighted by Crippen LogP contribution is 2.36. The molecule has 7 nitrogen and oxygen atoms in total. The molecule has 5 rings (SSSR count). The molecule has 0 fully saturated rings. The van der Waals surface area contributed by atoms with Crippen molar-refractivity contribution in [3.8, 4) is 23.0 Å². The zero-order chi connectivity index (χ0) is 17.7. The molecule has 1 aromatic heterocycles. The maximum Gasteiger partial charge on any atom is 0.292 e. The number of rotatable bonds is 1. The van der Waals surface area contributed by atoms with Crippen LogP contribution in [0, 0.1) is 0 Å². The van der Waals surface area contributed by atoms with Crippen molar-refractivity contribution in [2.24, 2.45) is 12.0 Å². The van der Waals surface area contributed by atoms with Crippen molar-refractivity contribution < 1.29 is 23.7 Å². The van der Waals surface area contributed by atoms with Gasteiger partial charge in [-0.1, -0.05) is 23.5 Å². The number of carbonyl (C=O) groups excluding carboxylic acids is 1. The summed E-state index contributed by atoms with van der Waals surface area (Å²) in [6.45, 7) is 0.371. The number of amides is 1. The molecule has 2 aliphatic heterocycles. The molecule has 3 aromatic rings. The number of thiazole rings is 1. The summed E-state index contributed by atoms with van der Waals surface area (Å²) in [5.74, 6) is 2.22. The number of carbonyl (C=O) groups is 1. The number of aromatic nitrogens is 1. The van der Waals surface area contributed by atoms with Gasteiger partial charge in [-0.2, -0.15) is 4.99 Å². The molecule has 1 atom stereocenters. The van der Waals surface area contributed by atoms with Crippen LogP contribution in [0.2, 0.25) is 0 Å². The fraction of sp³-hybridized carbons (Fsp3) is 0.222. The molecule has 26 heavy (non-hydrogen) atoms. The summed E-state index contributed by atoms with van der Waals surface area (Å²) in [5, 5.41) is 0. The van der Waals surface area contributed by atoms with Gasteiger partial charge < -0.3 is 23.5 Å². The Morgan fingerprint density at radius 2 is 1.88 bits per heavy atom. The normalized spacial score (nSPS) is 18.3. The number of para-hydroxylation sites is 2. The summed E-state index contributed by atoms with van der Waals surface area (Å²) < 4.78 is 25.0. The molecule has 0 N–H and O–H groups in total. The zero-order valence-corrected chi connectivity index (χ0v) is 14.6. The van der Waals surface area contributed by atoms with Crippen LogP contribution in [0.25, 0.3) is 10.2 Å². The number of aryl methyl sites for hydroxylation is 1. The Balaban J connectivity index is 1.49. The summed E-state index contributed by atoms with van der Waals surface area (Å²) >= 11 is 1.41. The number of ether oxygens (including phenoxy) is 4. The van der Waals surface area contributed by atoms with E-state index in [-0.39, 0.29) is 19.3 Å². The topological polar surface area (TPSA) is 71.3 Å². The van der Waals surface area contributed by atoms with Crippen LogP contribution in [0.15, 0.2) is 41.4 Å². The highest BCUT2D eigenvalue weighted by atomic mass is 32.1. The third kappa shape index (κ3) is 2.41. The lowest BCUT2D eigenvalue weighted by atomic mass is 10.2. The number of hydrogen-bond acceptors (Lipinski definition) is 6. The first-order valence-electron chi connectivity index (χ1n) is 8.05. The van der Waals surface area contributed by atoms with Gasteiger partial charge in [0.2, 0.25) is 12.9 Å². The van der Waals surface area contributed by atoms with E-state index >= 15 is 0 Å². The second-order valence-electron chi connectivity index (χ2n) is 5.93. The second kappa shape index (κ2) is 5.77. The lowest BCUT2D eigenvalue weighted by Gasteiger charge is -2.23. The first-order chi connectivity index (χ1) is 12.7. The summed E-state index contributed by atoms with van der Waals surface area (Å²) in [7, 11) is 1.86. The third-order valence-corrected chi connectivity index (χ3v) is 5.39. The molecule has 0 aliphatic carbocycles. The minimum Gasteiger partial charge on any atom is -0.485 e. The van der Waals surface area contributed by atoms with Crippen LogP contribution in [-0.2, 0) is 11.8 Å². The third-order valence-electron chi connectivity index (χ3n) is 4.29. The van der Waals surface area contributed by atoms with Gasteiger partial charge in [0.1, 0.15) is 6.61 Å². The Morgan fingerprint density at radius 1 is 1.12 bits per heavy atom. The molecule has 0 unspecified atom stereocenters. The van der Waals surface area contributed by atoms with E-state index in [1.54, 1.807) is 6.07 Å². The van der Waals surface area contributed by atoms with Gasteiger partial charge in [0.05, 0.1) is 10.2 Å². The van der Waals surface area contributed by atoms with E-state index in [9.17, 15) is 4.79 Å². The van der Waals surface area contributed by atoms with Gasteiger partial charge in [-0.05, 0) is 12.1 Å². The smallest absolute Gasteiger partial charge is 0.292 e. The molecule has 2 aromatic carbocycles. The number of fused-ring (bicyclic) bond motifs is 3. The number of hydrogen-bond donors (Lipinski definition) is 0. The molecule has 0 saturated heterocycles. The predicted molar refractivity (Wildman–Crippen MR) is 93.8 cm³/mol. The Kier molecular flexibility index (Phi) is 3.39. The van der Waals surface area contributed by atoms with Gasteiger partial charge in [-0.3, -0.25) is 4.79 Å². The van der Waals surface area contributed by atoms with Gasteiger partial charge in [-0.15, -0.1) is 0 Å². The van der Waals surface area contributed by atoms with E-state index in [1.807, 2.05) is 41.9 Å². The molecule has 0 spiro atoms.